The summed E-state index contributed by atoms with van der Waals surface area (Å²) in [6.07, 6.45) is 3.25. The number of aromatic nitrogens is 1. The van der Waals surface area contributed by atoms with E-state index in [9.17, 15) is 19.1 Å². The molecule has 1 N–H and O–H groups in total. The molecule has 1 atom stereocenters. The van der Waals surface area contributed by atoms with E-state index in [0.717, 1.165) is 17.2 Å². The average molecular weight is 475 g/mol. The van der Waals surface area contributed by atoms with E-state index < -0.39 is 29.3 Å². The zero-order valence-corrected chi connectivity index (χ0v) is 20.1. The van der Waals surface area contributed by atoms with E-state index in [1.54, 1.807) is 18.5 Å². The van der Waals surface area contributed by atoms with Crippen LogP contribution in [-0.2, 0) is 21.5 Å². The molecule has 4 rings (SSSR count). The minimum atomic E-state index is -0.852. The fraction of sp³-hybridized carbons (Fsp3) is 0.250. The van der Waals surface area contributed by atoms with E-state index in [0.29, 0.717) is 5.56 Å². The number of aliphatic hydroxyl groups is 1. The van der Waals surface area contributed by atoms with Crippen LogP contribution in [0.25, 0.3) is 5.76 Å². The normalized spacial score (nSPS) is 17.6. The molecule has 2 heterocycles. The molecule has 1 amide bonds. The van der Waals surface area contributed by atoms with E-state index in [2.05, 4.69) is 25.8 Å². The van der Waals surface area contributed by atoms with Gasteiger partial charge in [-0.1, -0.05) is 51.1 Å². The van der Waals surface area contributed by atoms with Gasteiger partial charge in [-0.05, 0) is 46.4 Å². The van der Waals surface area contributed by atoms with Crippen LogP contribution < -0.4 is 4.74 Å². The SMILES string of the molecule is COc1ccc(C(O)=C2C(=O)C(=O)N(Cc3cccnc3)C2c2ccc(C(C)(C)C)cc2)cc1F. The summed E-state index contributed by atoms with van der Waals surface area (Å²) in [5, 5.41) is 11.2. The maximum absolute atomic E-state index is 14.4. The lowest BCUT2D eigenvalue weighted by Gasteiger charge is -2.26. The van der Waals surface area contributed by atoms with Gasteiger partial charge in [-0.15, -0.1) is 0 Å². The van der Waals surface area contributed by atoms with E-state index >= 15 is 0 Å². The average Bonchev–Trinajstić information content (AvgIpc) is 3.08. The smallest absolute Gasteiger partial charge is 0.295 e. The first-order valence-electron chi connectivity index (χ1n) is 11.2. The van der Waals surface area contributed by atoms with Crippen molar-refractivity contribution in [2.24, 2.45) is 0 Å². The summed E-state index contributed by atoms with van der Waals surface area (Å²) in [4.78, 5) is 31.9. The summed E-state index contributed by atoms with van der Waals surface area (Å²) in [7, 11) is 1.34. The second-order valence-electron chi connectivity index (χ2n) is 9.51. The van der Waals surface area contributed by atoms with Crippen molar-refractivity contribution in [3.63, 3.8) is 0 Å². The molecular formula is C28H27FN2O4. The molecule has 0 saturated carbocycles. The number of carbonyl (C=O) groups excluding carboxylic acids is 2. The van der Waals surface area contributed by atoms with Crippen LogP contribution in [0.1, 0.15) is 49.1 Å². The zero-order chi connectivity index (χ0) is 25.3. The molecule has 0 aliphatic carbocycles. The summed E-state index contributed by atoms with van der Waals surface area (Å²) in [6.45, 7) is 6.40. The van der Waals surface area contributed by atoms with Crippen molar-refractivity contribution >= 4 is 17.4 Å². The first-order valence-corrected chi connectivity index (χ1v) is 11.2. The number of rotatable bonds is 5. The van der Waals surface area contributed by atoms with E-state index in [1.165, 1.54) is 24.1 Å². The van der Waals surface area contributed by atoms with Gasteiger partial charge in [-0.3, -0.25) is 14.6 Å². The minimum Gasteiger partial charge on any atom is -0.507 e. The standard InChI is InChI=1S/C28H27FN2O4/c1-28(2,3)20-10-7-18(8-11-20)24-23(25(32)19-9-12-22(35-4)21(29)14-19)26(33)27(34)31(24)16-17-6-5-13-30-15-17/h5-15,24,32H,16H2,1-4H3. The lowest BCUT2D eigenvalue weighted by Crippen LogP contribution is -2.29. The summed E-state index contributed by atoms with van der Waals surface area (Å²) in [6, 6.07) is 14.2. The number of methoxy groups -OCH3 is 1. The Balaban J connectivity index is 1.86. The molecule has 1 fully saturated rings. The molecule has 1 unspecified atom stereocenters. The van der Waals surface area contributed by atoms with Crippen molar-refractivity contribution in [2.75, 3.05) is 7.11 Å². The number of pyridine rings is 1. The van der Waals surface area contributed by atoms with Crippen molar-refractivity contribution in [3.8, 4) is 5.75 Å². The summed E-state index contributed by atoms with van der Waals surface area (Å²) < 4.78 is 19.3. The van der Waals surface area contributed by atoms with E-state index in [4.69, 9.17) is 4.74 Å². The quantitative estimate of drug-likeness (QED) is 0.314. The largest absolute Gasteiger partial charge is 0.507 e. The monoisotopic (exact) mass is 474 g/mol. The second kappa shape index (κ2) is 9.33. The lowest BCUT2D eigenvalue weighted by molar-refractivity contribution is -0.140. The molecule has 2 aromatic carbocycles. The molecule has 3 aromatic rings. The topological polar surface area (TPSA) is 79.7 Å². The van der Waals surface area contributed by atoms with Crippen LogP contribution in [0.15, 0.2) is 72.6 Å². The van der Waals surface area contributed by atoms with Crippen LogP contribution >= 0.6 is 0 Å². The van der Waals surface area contributed by atoms with Gasteiger partial charge in [0.15, 0.2) is 11.6 Å². The molecule has 0 radical (unpaired) electrons. The van der Waals surface area contributed by atoms with Crippen molar-refractivity contribution < 1.29 is 23.8 Å². The molecule has 7 heteroatoms. The van der Waals surface area contributed by atoms with Gasteiger partial charge in [0.2, 0.25) is 0 Å². The third-order valence-corrected chi connectivity index (χ3v) is 6.13. The van der Waals surface area contributed by atoms with Gasteiger partial charge < -0.3 is 14.7 Å². The Morgan fingerprint density at radius 3 is 2.40 bits per heavy atom. The predicted octanol–water partition coefficient (Wildman–Crippen LogP) is 5.15. The Bertz CT molecular complexity index is 1290. The predicted molar refractivity (Wildman–Crippen MR) is 130 cm³/mol. The van der Waals surface area contributed by atoms with Gasteiger partial charge in [0, 0.05) is 24.5 Å². The summed E-state index contributed by atoms with van der Waals surface area (Å²) in [5.74, 6) is -2.69. The van der Waals surface area contributed by atoms with Crippen molar-refractivity contribution in [1.29, 1.82) is 0 Å². The second-order valence-corrected chi connectivity index (χ2v) is 9.51. The Hall–Kier alpha value is -4.00. The maximum atomic E-state index is 14.4. The molecule has 35 heavy (non-hydrogen) atoms. The van der Waals surface area contributed by atoms with Gasteiger partial charge in [-0.2, -0.15) is 0 Å². The summed E-state index contributed by atoms with van der Waals surface area (Å²) >= 11 is 0. The highest BCUT2D eigenvalue weighted by Crippen LogP contribution is 2.41. The molecule has 1 aromatic heterocycles. The lowest BCUT2D eigenvalue weighted by atomic mass is 9.85. The number of Topliss-reactive ketones (excluding diaryl/α,β-unsaturated/α-hetero) is 1. The number of carbonyl (C=O) groups is 2. The third-order valence-electron chi connectivity index (χ3n) is 6.13. The Morgan fingerprint density at radius 2 is 1.83 bits per heavy atom. The maximum Gasteiger partial charge on any atom is 0.295 e. The Morgan fingerprint density at radius 1 is 1.11 bits per heavy atom. The Labute approximate surface area is 203 Å². The number of nitrogens with zero attached hydrogens (tertiary/aromatic N) is 2. The number of halogens is 1. The number of hydrogen-bond donors (Lipinski definition) is 1. The van der Waals surface area contributed by atoms with Gasteiger partial charge in [0.1, 0.15) is 5.76 Å². The molecule has 1 saturated heterocycles. The van der Waals surface area contributed by atoms with Crippen molar-refractivity contribution in [3.05, 3.63) is 101 Å². The molecular weight excluding hydrogens is 447 g/mol. The number of amides is 1. The Kier molecular flexibility index (Phi) is 6.43. The van der Waals surface area contributed by atoms with Gasteiger partial charge in [0.05, 0.1) is 18.7 Å². The number of ketones is 1. The summed E-state index contributed by atoms with van der Waals surface area (Å²) in [5.41, 5.74) is 2.39. The number of likely N-dealkylation sites (tertiary alicyclic amines) is 1. The van der Waals surface area contributed by atoms with Crippen LogP contribution in [0, 0.1) is 5.82 Å². The van der Waals surface area contributed by atoms with Gasteiger partial charge in [0.25, 0.3) is 11.7 Å². The zero-order valence-electron chi connectivity index (χ0n) is 20.1. The number of ether oxygens (including phenoxy) is 1. The van der Waals surface area contributed by atoms with Crippen molar-refractivity contribution in [1.82, 2.24) is 9.88 Å². The molecule has 1 aliphatic rings. The highest BCUT2D eigenvalue weighted by atomic mass is 19.1. The molecule has 180 valence electrons. The fourth-order valence-corrected chi connectivity index (χ4v) is 4.21. The van der Waals surface area contributed by atoms with Crippen molar-refractivity contribution in [2.45, 2.75) is 38.8 Å². The molecule has 6 nitrogen and oxygen atoms in total. The molecule has 0 bridgehead atoms. The highest BCUT2D eigenvalue weighted by Gasteiger charge is 2.46. The third kappa shape index (κ3) is 4.67. The van der Waals surface area contributed by atoms with Crippen LogP contribution in [0.3, 0.4) is 0 Å². The van der Waals surface area contributed by atoms with Crippen LogP contribution in [-0.4, -0.2) is 33.8 Å². The number of aliphatic hydroxyl groups excluding tert-OH is 1. The molecule has 0 spiro atoms. The first-order chi connectivity index (χ1) is 16.6. The van der Waals surface area contributed by atoms with Crippen LogP contribution in [0.4, 0.5) is 4.39 Å². The minimum absolute atomic E-state index is 0.00731. The van der Waals surface area contributed by atoms with E-state index in [-0.39, 0.29) is 28.8 Å². The fourth-order valence-electron chi connectivity index (χ4n) is 4.21. The molecule has 1 aliphatic heterocycles. The van der Waals surface area contributed by atoms with Gasteiger partial charge >= 0.3 is 0 Å². The van der Waals surface area contributed by atoms with Crippen LogP contribution in [0.5, 0.6) is 5.75 Å². The van der Waals surface area contributed by atoms with Gasteiger partial charge in [-0.25, -0.2) is 4.39 Å². The number of benzene rings is 2. The van der Waals surface area contributed by atoms with Crippen LogP contribution in [0.2, 0.25) is 0 Å². The first kappa shape index (κ1) is 24.1. The van der Waals surface area contributed by atoms with E-state index in [1.807, 2.05) is 30.3 Å². The number of hydrogen-bond acceptors (Lipinski definition) is 5. The highest BCUT2D eigenvalue weighted by molar-refractivity contribution is 6.46.